The van der Waals surface area contributed by atoms with E-state index >= 15 is 0 Å². The average molecular weight is 352 g/mol. The van der Waals surface area contributed by atoms with Crippen LogP contribution in [-0.2, 0) is 27.6 Å². The zero-order chi connectivity index (χ0) is 15.6. The van der Waals surface area contributed by atoms with Crippen molar-refractivity contribution in [2.75, 3.05) is 24.6 Å². The molecule has 0 fully saturated rings. The summed E-state index contributed by atoms with van der Waals surface area (Å²) < 4.78 is 23.2. The van der Waals surface area contributed by atoms with Crippen LogP contribution in [0, 0.1) is 0 Å². The van der Waals surface area contributed by atoms with Crippen molar-refractivity contribution >= 4 is 39.0 Å². The molecule has 0 amide bonds. The van der Waals surface area contributed by atoms with E-state index in [-0.39, 0.29) is 5.75 Å². The zero-order valence-electron chi connectivity index (χ0n) is 11.2. The van der Waals surface area contributed by atoms with Gasteiger partial charge in [0, 0.05) is 29.7 Å². The Bertz CT molecular complexity index is 660. The van der Waals surface area contributed by atoms with E-state index in [1.165, 1.54) is 0 Å². The highest BCUT2D eigenvalue weighted by Crippen LogP contribution is 2.29. The third-order valence-electron chi connectivity index (χ3n) is 3.39. The lowest BCUT2D eigenvalue weighted by Crippen LogP contribution is -2.35. The monoisotopic (exact) mass is 351 g/mol. The maximum Gasteiger partial charge on any atom is 0.318 e. The fraction of sp³-hybridized carbons (Fsp3) is 0.462. The lowest BCUT2D eigenvalue weighted by molar-refractivity contribution is -0.134. The van der Waals surface area contributed by atoms with E-state index in [1.807, 2.05) is 11.0 Å². The van der Waals surface area contributed by atoms with E-state index in [2.05, 4.69) is 0 Å². The molecule has 116 valence electrons. The largest absolute Gasteiger partial charge is 0.480 e. The van der Waals surface area contributed by atoms with Crippen molar-refractivity contribution in [3.63, 3.8) is 0 Å². The van der Waals surface area contributed by atoms with Gasteiger partial charge in [-0.25, -0.2) is 8.42 Å². The quantitative estimate of drug-likeness (QED) is 0.876. The van der Waals surface area contributed by atoms with Gasteiger partial charge in [-0.3, -0.25) is 9.69 Å². The van der Waals surface area contributed by atoms with Gasteiger partial charge >= 0.3 is 5.97 Å². The number of carbonyl (C=O) groups is 1. The topological polar surface area (TPSA) is 74.7 Å². The minimum atomic E-state index is -3.57. The molecule has 1 aromatic rings. The van der Waals surface area contributed by atoms with Crippen molar-refractivity contribution in [1.82, 2.24) is 4.90 Å². The Labute approximate surface area is 133 Å². The van der Waals surface area contributed by atoms with E-state index < -0.39 is 21.6 Å². The first-order valence-corrected chi connectivity index (χ1v) is 8.96. The molecule has 0 aromatic heterocycles. The third kappa shape index (κ3) is 4.57. The minimum absolute atomic E-state index is 0.167. The van der Waals surface area contributed by atoms with Crippen molar-refractivity contribution < 1.29 is 18.3 Å². The molecule has 5 nitrogen and oxygen atoms in total. The second-order valence-corrected chi connectivity index (χ2v) is 8.06. The first-order chi connectivity index (χ1) is 9.77. The lowest BCUT2D eigenvalue weighted by Gasteiger charge is -2.29. The molecule has 1 aromatic carbocycles. The van der Waals surface area contributed by atoms with Gasteiger partial charge in [-0.15, -0.1) is 0 Å². The molecular formula is C13H15Cl2NO4S. The predicted molar refractivity (Wildman–Crippen MR) is 81.7 cm³/mol. The molecule has 1 aliphatic heterocycles. The Morgan fingerprint density at radius 3 is 2.71 bits per heavy atom. The van der Waals surface area contributed by atoms with Crippen molar-refractivity contribution in [2.24, 2.45) is 0 Å². The first-order valence-electron chi connectivity index (χ1n) is 6.38. The van der Waals surface area contributed by atoms with Gasteiger partial charge < -0.3 is 5.11 Å². The van der Waals surface area contributed by atoms with E-state index in [4.69, 9.17) is 28.3 Å². The Kier molecular flexibility index (Phi) is 5.14. The van der Waals surface area contributed by atoms with Gasteiger partial charge in [0.15, 0.2) is 9.84 Å². The zero-order valence-corrected chi connectivity index (χ0v) is 13.5. The van der Waals surface area contributed by atoms with Crippen molar-refractivity contribution in [2.45, 2.75) is 13.0 Å². The van der Waals surface area contributed by atoms with Crippen molar-refractivity contribution in [3.8, 4) is 0 Å². The summed E-state index contributed by atoms with van der Waals surface area (Å²) in [6.45, 7) is 1.55. The number of carboxylic acid groups (broad SMARTS) is 1. The second kappa shape index (κ2) is 6.52. The van der Waals surface area contributed by atoms with E-state index in [0.717, 1.165) is 17.5 Å². The number of hydrogen-bond acceptors (Lipinski definition) is 4. The highest BCUT2D eigenvalue weighted by Gasteiger charge is 2.22. The minimum Gasteiger partial charge on any atom is -0.480 e. The van der Waals surface area contributed by atoms with Crippen LogP contribution in [0.25, 0.3) is 0 Å². The van der Waals surface area contributed by atoms with Gasteiger partial charge in [0.2, 0.25) is 0 Å². The maximum absolute atomic E-state index is 11.6. The standard InChI is InChI=1S/C13H15Cl2NO4S/c14-10-5-9-1-2-16(7-11(9)12(15)6-10)3-4-21(19,20)8-13(17)18/h5-6H,1-4,7-8H2,(H,17,18). The molecular weight excluding hydrogens is 337 g/mol. The highest BCUT2D eigenvalue weighted by atomic mass is 35.5. The number of carboxylic acids is 1. The third-order valence-corrected chi connectivity index (χ3v) is 5.44. The molecule has 0 saturated heterocycles. The van der Waals surface area contributed by atoms with Crippen LogP contribution in [0.15, 0.2) is 12.1 Å². The molecule has 0 spiro atoms. The summed E-state index contributed by atoms with van der Waals surface area (Å²) in [5.41, 5.74) is 2.04. The molecule has 1 aliphatic rings. The Morgan fingerprint density at radius 2 is 2.05 bits per heavy atom. The summed E-state index contributed by atoms with van der Waals surface area (Å²) >= 11 is 12.1. The second-order valence-electron chi connectivity index (χ2n) is 5.04. The predicted octanol–water partition coefficient (Wildman–Crippen LogP) is 1.85. The molecule has 21 heavy (non-hydrogen) atoms. The van der Waals surface area contributed by atoms with Gasteiger partial charge in [-0.05, 0) is 29.7 Å². The van der Waals surface area contributed by atoms with Crippen molar-refractivity contribution in [1.29, 1.82) is 0 Å². The molecule has 0 unspecified atom stereocenters. The van der Waals surface area contributed by atoms with E-state index in [0.29, 0.717) is 29.7 Å². The Balaban J connectivity index is 2.01. The molecule has 0 bridgehead atoms. The number of fused-ring (bicyclic) bond motifs is 1. The molecule has 1 N–H and O–H groups in total. The summed E-state index contributed by atoms with van der Waals surface area (Å²) in [5, 5.41) is 9.73. The average Bonchev–Trinajstić information content (AvgIpc) is 2.35. The normalized spacial score (nSPS) is 15.7. The first kappa shape index (κ1) is 16.5. The van der Waals surface area contributed by atoms with Crippen LogP contribution in [0.4, 0.5) is 0 Å². The van der Waals surface area contributed by atoms with Gasteiger partial charge in [-0.1, -0.05) is 23.2 Å². The summed E-state index contributed by atoms with van der Waals surface area (Å²) in [4.78, 5) is 12.4. The summed E-state index contributed by atoms with van der Waals surface area (Å²) in [6.07, 6.45) is 0.745. The van der Waals surface area contributed by atoms with Gasteiger partial charge in [0.1, 0.15) is 5.75 Å². The number of halogens is 2. The summed E-state index contributed by atoms with van der Waals surface area (Å²) in [6, 6.07) is 3.55. The fourth-order valence-electron chi connectivity index (χ4n) is 2.36. The smallest absolute Gasteiger partial charge is 0.318 e. The highest BCUT2D eigenvalue weighted by molar-refractivity contribution is 7.92. The molecule has 8 heteroatoms. The van der Waals surface area contributed by atoms with Crippen LogP contribution in [0.5, 0.6) is 0 Å². The Hall–Kier alpha value is -0.820. The van der Waals surface area contributed by atoms with Crippen LogP contribution in [0.2, 0.25) is 10.0 Å². The van der Waals surface area contributed by atoms with Crippen LogP contribution < -0.4 is 0 Å². The molecule has 0 atom stereocenters. The van der Waals surface area contributed by atoms with Crippen LogP contribution >= 0.6 is 23.2 Å². The number of hydrogen-bond donors (Lipinski definition) is 1. The lowest BCUT2D eigenvalue weighted by atomic mass is 10.00. The number of sulfone groups is 1. The maximum atomic E-state index is 11.6. The molecule has 2 rings (SSSR count). The molecule has 0 saturated carbocycles. The SMILES string of the molecule is O=C(O)CS(=O)(=O)CCN1CCc2cc(Cl)cc(Cl)c2C1. The number of benzene rings is 1. The van der Waals surface area contributed by atoms with E-state index in [9.17, 15) is 13.2 Å². The fourth-order valence-corrected chi connectivity index (χ4v) is 4.01. The molecule has 0 radical (unpaired) electrons. The number of rotatable bonds is 5. The summed E-state index contributed by atoms with van der Waals surface area (Å²) in [5.74, 6) is -2.31. The van der Waals surface area contributed by atoms with Gasteiger partial charge in [0.05, 0.1) is 5.75 Å². The van der Waals surface area contributed by atoms with E-state index in [1.54, 1.807) is 6.07 Å². The van der Waals surface area contributed by atoms with Gasteiger partial charge in [0.25, 0.3) is 0 Å². The van der Waals surface area contributed by atoms with Crippen molar-refractivity contribution in [3.05, 3.63) is 33.3 Å². The summed E-state index contributed by atoms with van der Waals surface area (Å²) in [7, 11) is -3.57. The Morgan fingerprint density at radius 1 is 1.33 bits per heavy atom. The number of nitrogens with zero attached hydrogens (tertiary/aromatic N) is 1. The number of aliphatic carboxylic acids is 1. The van der Waals surface area contributed by atoms with Crippen LogP contribution in [0.3, 0.4) is 0 Å². The molecule has 0 aliphatic carbocycles. The van der Waals surface area contributed by atoms with Crippen LogP contribution in [-0.4, -0.2) is 49.0 Å². The molecule has 1 heterocycles. The van der Waals surface area contributed by atoms with Crippen LogP contribution in [0.1, 0.15) is 11.1 Å². The van der Waals surface area contributed by atoms with Gasteiger partial charge in [-0.2, -0.15) is 0 Å².